The molecule has 7 heterocycles. The first kappa shape index (κ1) is 30.2. The van der Waals surface area contributed by atoms with Crippen LogP contribution in [0.15, 0.2) is 25.3 Å². The van der Waals surface area contributed by atoms with Gasteiger partial charge in [-0.15, -0.1) is 0 Å². The fraction of sp³-hybridized carbons (Fsp3) is 0.500. The van der Waals surface area contributed by atoms with E-state index in [9.17, 15) is 19.7 Å². The van der Waals surface area contributed by atoms with Gasteiger partial charge in [0.1, 0.15) is 48.1 Å². The molecule has 3 saturated heterocycles. The minimum Gasteiger partial charge on any atom is -0.387 e. The van der Waals surface area contributed by atoms with Gasteiger partial charge < -0.3 is 45.1 Å². The standard InChI is InChI=1S/C20H26N12O8P2S2/c21-15-11-17(25-3-23-15)31(5-27-11)19-13(33)9-7(39-19)1-37-41(35,43)30-10-8(2-38-42(36,44)29-9)40-20(14(10)34)32-6-28-12-16(22)24-4-26-18(12)32/h3-10,13-14,19-20,33-34H,1-2H2,(H2,21,23,25)(H2,22,24,26)(H2,29,36,44)(H2,30,35,43)/t7-,8-,9+,10?,13?,14+,19-,20-,41?,42?/m1/s1. The quantitative estimate of drug-likeness (QED) is 0.0885. The largest absolute Gasteiger partial charge is 0.387 e. The van der Waals surface area contributed by atoms with Gasteiger partial charge >= 0.3 is 6.72 Å². The van der Waals surface area contributed by atoms with Gasteiger partial charge in [-0.1, -0.05) is 12.2 Å². The van der Waals surface area contributed by atoms with Crippen LogP contribution >= 0.6 is 25.6 Å². The highest BCUT2D eigenvalue weighted by atomic mass is 32.7. The summed E-state index contributed by atoms with van der Waals surface area (Å²) in [6.07, 6.45) is -1.74. The Morgan fingerprint density at radius 3 is 1.84 bits per heavy atom. The Labute approximate surface area is 257 Å². The maximum Gasteiger partial charge on any atom is 0.324 e. The Balaban J connectivity index is 1.17. The van der Waals surface area contributed by atoms with E-state index in [0.717, 1.165) is 0 Å². The van der Waals surface area contributed by atoms with Crippen LogP contribution in [0.2, 0.25) is 0 Å². The number of aliphatic hydroxyl groups excluding tert-OH is 2. The molecular formula is C20H26N12O8P2S2. The van der Waals surface area contributed by atoms with Gasteiger partial charge in [0.25, 0.3) is 6.64 Å². The zero-order valence-electron chi connectivity index (χ0n) is 22.2. The van der Waals surface area contributed by atoms with Crippen molar-refractivity contribution in [2.75, 3.05) is 24.7 Å². The molecule has 4 unspecified atom stereocenters. The molecule has 0 radical (unpaired) electrons. The third-order valence-electron chi connectivity index (χ3n) is 7.52. The average molecular weight is 689 g/mol. The lowest BCUT2D eigenvalue weighted by molar-refractivity contribution is -0.0467. The first-order chi connectivity index (χ1) is 20.9. The summed E-state index contributed by atoms with van der Waals surface area (Å²) in [6.45, 7) is -8.59. The summed E-state index contributed by atoms with van der Waals surface area (Å²) in [4.78, 5) is 35.7. The van der Waals surface area contributed by atoms with E-state index in [4.69, 9.17) is 41.8 Å². The molecule has 0 amide bonds. The van der Waals surface area contributed by atoms with Crippen molar-refractivity contribution in [1.82, 2.24) is 49.2 Å². The van der Waals surface area contributed by atoms with Gasteiger partial charge in [-0.25, -0.2) is 40.1 Å². The second kappa shape index (κ2) is 11.1. The molecule has 3 fully saturated rings. The number of imidazole rings is 2. The molecule has 10 atom stereocenters. The first-order valence-corrected chi connectivity index (χ1v) is 18.4. The van der Waals surface area contributed by atoms with Gasteiger partial charge in [0.2, 0.25) is 0 Å². The van der Waals surface area contributed by atoms with Gasteiger partial charge in [0.05, 0.1) is 38.0 Å². The van der Waals surface area contributed by atoms with Crippen LogP contribution in [0.5, 0.6) is 0 Å². The number of nitrogens with zero attached hydrogens (tertiary/aromatic N) is 8. The van der Waals surface area contributed by atoms with Crippen LogP contribution in [-0.2, 0) is 34.9 Å². The summed E-state index contributed by atoms with van der Waals surface area (Å²) in [5.41, 5.74) is 12.9. The van der Waals surface area contributed by atoms with Crippen LogP contribution in [-0.4, -0.2) is 104 Å². The highest BCUT2D eigenvalue weighted by Gasteiger charge is 2.51. The molecule has 0 aliphatic carbocycles. The topological polar surface area (TPSA) is 278 Å². The molecule has 0 spiro atoms. The van der Waals surface area contributed by atoms with Crippen LogP contribution in [0.3, 0.4) is 0 Å². The lowest BCUT2D eigenvalue weighted by atomic mass is 10.1. The van der Waals surface area contributed by atoms with E-state index in [1.807, 2.05) is 0 Å². The normalized spacial score (nSPS) is 38.3. The van der Waals surface area contributed by atoms with Crippen molar-refractivity contribution in [3.63, 3.8) is 0 Å². The van der Waals surface area contributed by atoms with E-state index in [1.54, 1.807) is 0 Å². The minimum absolute atomic E-state index is 0.130. The van der Waals surface area contributed by atoms with E-state index < -0.39 is 68.9 Å². The van der Waals surface area contributed by atoms with Crippen LogP contribution in [0, 0.1) is 0 Å². The molecule has 0 bridgehead atoms. The molecule has 20 nitrogen and oxygen atoms in total. The Bertz CT molecular complexity index is 1700. The molecule has 0 saturated carbocycles. The molecule has 3 aliphatic rings. The fourth-order valence-corrected chi connectivity index (χ4v) is 8.85. The Kier molecular flexibility index (Phi) is 7.64. The molecular weight excluding hydrogens is 662 g/mol. The van der Waals surface area contributed by atoms with E-state index in [-0.39, 0.29) is 29.5 Å². The van der Waals surface area contributed by atoms with Crippen molar-refractivity contribution >= 4 is 71.4 Å². The van der Waals surface area contributed by atoms with Crippen LogP contribution < -0.4 is 21.6 Å². The van der Waals surface area contributed by atoms with Crippen LogP contribution in [0.25, 0.3) is 22.3 Å². The van der Waals surface area contributed by atoms with Crippen molar-refractivity contribution in [3.8, 4) is 0 Å². The number of nitrogen functional groups attached to an aromatic ring is 2. The van der Waals surface area contributed by atoms with E-state index in [2.05, 4.69) is 52.3 Å². The Morgan fingerprint density at radius 2 is 1.32 bits per heavy atom. The van der Waals surface area contributed by atoms with Gasteiger partial charge in [-0.2, -0.15) is 0 Å². The molecule has 236 valence electrons. The van der Waals surface area contributed by atoms with Gasteiger partial charge in [0.15, 0.2) is 35.4 Å². The third kappa shape index (κ3) is 5.28. The maximum absolute atomic E-state index is 13.5. The lowest BCUT2D eigenvalue weighted by Crippen LogP contribution is -2.47. The fourth-order valence-electron chi connectivity index (χ4n) is 5.46. The van der Waals surface area contributed by atoms with Crippen molar-refractivity contribution < 1.29 is 38.2 Å². The molecule has 7 rings (SSSR count). The zero-order valence-corrected chi connectivity index (χ0v) is 25.7. The predicted octanol–water partition coefficient (Wildman–Crippen LogP) is -1.43. The highest BCUT2D eigenvalue weighted by molar-refractivity contribution is 8.45. The van der Waals surface area contributed by atoms with E-state index in [1.165, 1.54) is 34.4 Å². The number of ether oxygens (including phenoxy) is 2. The Hall–Kier alpha value is -2.43. The number of rotatable bonds is 2. The molecule has 4 aromatic rings. The summed E-state index contributed by atoms with van der Waals surface area (Å²) in [5, 5.41) is 28.2. The summed E-state index contributed by atoms with van der Waals surface area (Å²) < 4.78 is 40.0. The summed E-state index contributed by atoms with van der Waals surface area (Å²) >= 11 is 9.59. The molecule has 44 heavy (non-hydrogen) atoms. The number of hydrogen-bond acceptors (Lipinski definition) is 16. The SMILES string of the molecule is Nc1ncnc2c1ncn2[C@@H]1O[C@@H]2COP(O)(=S)NC3[C@@H](COP(=O)(S)N[C@@H]2C1O)O[C@@H](n1cnc2c(N)ncnc21)[C@H]3O. The number of fused-ring (bicyclic) bond motifs is 4. The van der Waals surface area contributed by atoms with Crippen LogP contribution in [0.1, 0.15) is 12.5 Å². The molecule has 24 heteroatoms. The van der Waals surface area contributed by atoms with Gasteiger partial charge in [-0.3, -0.25) is 13.7 Å². The first-order valence-electron chi connectivity index (χ1n) is 13.0. The van der Waals surface area contributed by atoms with Crippen molar-refractivity contribution in [1.29, 1.82) is 0 Å². The van der Waals surface area contributed by atoms with E-state index >= 15 is 0 Å². The van der Waals surface area contributed by atoms with E-state index in [0.29, 0.717) is 11.0 Å². The predicted molar refractivity (Wildman–Crippen MR) is 158 cm³/mol. The van der Waals surface area contributed by atoms with Crippen LogP contribution in [0.4, 0.5) is 11.6 Å². The smallest absolute Gasteiger partial charge is 0.324 e. The molecule has 3 aliphatic heterocycles. The second-order valence-corrected chi connectivity index (χ2v) is 16.4. The molecule has 4 aromatic heterocycles. The third-order valence-corrected chi connectivity index (χ3v) is 11.1. The summed E-state index contributed by atoms with van der Waals surface area (Å²) in [5.74, 6) is 0.261. The minimum atomic E-state index is -3.98. The maximum atomic E-state index is 13.5. The zero-order chi connectivity index (χ0) is 31.0. The highest BCUT2D eigenvalue weighted by Crippen LogP contribution is 2.52. The average Bonchev–Trinajstić information content (AvgIpc) is 3.73. The second-order valence-electron chi connectivity index (χ2n) is 10.2. The number of aromatic nitrogens is 8. The van der Waals surface area contributed by atoms with Crippen molar-refractivity contribution in [3.05, 3.63) is 25.3 Å². The molecule has 0 aromatic carbocycles. The number of thiol groups is 1. The number of anilines is 2. The van der Waals surface area contributed by atoms with Crippen molar-refractivity contribution in [2.24, 2.45) is 0 Å². The monoisotopic (exact) mass is 688 g/mol. The van der Waals surface area contributed by atoms with Crippen molar-refractivity contribution in [2.45, 2.75) is 49.0 Å². The summed E-state index contributed by atoms with van der Waals surface area (Å²) in [6, 6.07) is -2.16. The number of hydrogen-bond donors (Lipinski definition) is 8. The number of aliphatic hydroxyl groups is 2. The summed E-state index contributed by atoms with van der Waals surface area (Å²) in [7, 11) is 0. The number of nitrogens with two attached hydrogens (primary N) is 2. The van der Waals surface area contributed by atoms with Gasteiger partial charge in [0, 0.05) is 0 Å². The number of nitrogens with one attached hydrogen (secondary N) is 2. The lowest BCUT2D eigenvalue weighted by Gasteiger charge is -2.31. The Morgan fingerprint density at radius 1 is 0.841 bits per heavy atom. The molecule has 9 N–H and O–H groups in total. The van der Waals surface area contributed by atoms with Gasteiger partial charge in [-0.05, 0) is 11.8 Å².